The molecule has 7 heteroatoms. The molecule has 2 aromatic heterocycles. The number of thiazole rings is 1. The Hall–Kier alpha value is -4.49. The molecule has 3 heterocycles. The minimum absolute atomic E-state index is 0.157. The summed E-state index contributed by atoms with van der Waals surface area (Å²) < 4.78 is 4.50. The topological polar surface area (TPSA) is 68.4 Å². The lowest BCUT2D eigenvalue weighted by atomic mass is 9.93. The highest BCUT2D eigenvalue weighted by Crippen LogP contribution is 2.32. The van der Waals surface area contributed by atoms with Crippen LogP contribution in [0.15, 0.2) is 106 Å². The first-order valence-electron chi connectivity index (χ1n) is 14.3. The molecule has 6 nitrogen and oxygen atoms in total. The lowest BCUT2D eigenvalue weighted by Gasteiger charge is -2.25. The zero-order valence-electron chi connectivity index (χ0n) is 24.5. The van der Waals surface area contributed by atoms with E-state index in [-0.39, 0.29) is 17.5 Å². The lowest BCUT2D eigenvalue weighted by Crippen LogP contribution is -2.40. The molecule has 1 amide bonds. The van der Waals surface area contributed by atoms with Gasteiger partial charge in [0.05, 0.1) is 21.8 Å². The molecule has 0 fully saturated rings. The van der Waals surface area contributed by atoms with E-state index in [9.17, 15) is 9.59 Å². The molecular weight excluding hydrogens is 540 g/mol. The molecule has 1 atom stereocenters. The third-order valence-electron chi connectivity index (χ3n) is 7.83. The number of allylic oxidation sites excluding steroid dienone is 1. The Morgan fingerprint density at radius 2 is 1.64 bits per heavy atom. The second-order valence-corrected chi connectivity index (χ2v) is 12.3. The van der Waals surface area contributed by atoms with E-state index in [1.54, 1.807) is 4.57 Å². The van der Waals surface area contributed by atoms with Gasteiger partial charge in [0, 0.05) is 34.4 Å². The summed E-state index contributed by atoms with van der Waals surface area (Å²) in [4.78, 5) is 33.4. The fourth-order valence-electron chi connectivity index (χ4n) is 5.63. The molecule has 1 N–H and O–H groups in total. The summed E-state index contributed by atoms with van der Waals surface area (Å²) >= 11 is 1.36. The van der Waals surface area contributed by atoms with Crippen molar-refractivity contribution < 1.29 is 4.79 Å². The molecule has 0 radical (unpaired) electrons. The van der Waals surface area contributed by atoms with Gasteiger partial charge in [-0.15, -0.1) is 0 Å². The molecule has 42 heavy (non-hydrogen) atoms. The van der Waals surface area contributed by atoms with Crippen LogP contribution in [0.2, 0.25) is 0 Å². The normalized spacial score (nSPS) is 15.4. The van der Waals surface area contributed by atoms with Gasteiger partial charge in [-0.25, -0.2) is 4.99 Å². The van der Waals surface area contributed by atoms with Crippen LogP contribution in [-0.4, -0.2) is 15.0 Å². The predicted molar refractivity (Wildman–Crippen MR) is 172 cm³/mol. The van der Waals surface area contributed by atoms with Crippen LogP contribution in [-0.2, 0) is 4.79 Å². The average molecular weight is 575 g/mol. The van der Waals surface area contributed by atoms with Crippen LogP contribution in [0.3, 0.4) is 0 Å². The Kier molecular flexibility index (Phi) is 7.29. The number of carbonyl (C=O) groups is 1. The summed E-state index contributed by atoms with van der Waals surface area (Å²) in [6.07, 6.45) is 4.08. The quantitative estimate of drug-likeness (QED) is 0.250. The second kappa shape index (κ2) is 11.1. The number of aromatic nitrogens is 2. The van der Waals surface area contributed by atoms with E-state index in [0.717, 1.165) is 22.0 Å². The van der Waals surface area contributed by atoms with Crippen molar-refractivity contribution in [1.82, 2.24) is 9.13 Å². The monoisotopic (exact) mass is 574 g/mol. The largest absolute Gasteiger partial charge is 0.344 e. The molecule has 3 aromatic carbocycles. The number of nitrogens with zero attached hydrogens (tertiary/aromatic N) is 3. The lowest BCUT2D eigenvalue weighted by molar-refractivity contribution is -0.113. The van der Waals surface area contributed by atoms with Crippen molar-refractivity contribution in [2.75, 3.05) is 5.32 Å². The number of hydrogen-bond donors (Lipinski definition) is 1. The number of para-hydroxylation sites is 2. The van der Waals surface area contributed by atoms with E-state index in [4.69, 9.17) is 4.99 Å². The summed E-state index contributed by atoms with van der Waals surface area (Å²) in [6.45, 7) is 10.5. The summed E-state index contributed by atoms with van der Waals surface area (Å²) in [6, 6.07) is 25.5. The Bertz CT molecular complexity index is 2010. The fourth-order valence-corrected chi connectivity index (χ4v) is 6.66. The van der Waals surface area contributed by atoms with E-state index in [1.807, 2.05) is 67.6 Å². The van der Waals surface area contributed by atoms with Crippen molar-refractivity contribution in [3.8, 4) is 0 Å². The first kappa shape index (κ1) is 27.7. The summed E-state index contributed by atoms with van der Waals surface area (Å²) in [5.41, 5.74) is 5.79. The highest BCUT2D eigenvalue weighted by Gasteiger charge is 2.32. The van der Waals surface area contributed by atoms with Crippen molar-refractivity contribution in [2.24, 2.45) is 4.99 Å². The van der Waals surface area contributed by atoms with E-state index >= 15 is 0 Å². The Balaban J connectivity index is 1.53. The van der Waals surface area contributed by atoms with Crippen LogP contribution < -0.4 is 20.2 Å². The summed E-state index contributed by atoms with van der Waals surface area (Å²) in [5.74, 6) is 0.0989. The second-order valence-electron chi connectivity index (χ2n) is 11.3. The summed E-state index contributed by atoms with van der Waals surface area (Å²) in [5, 5.41) is 4.12. The summed E-state index contributed by atoms with van der Waals surface area (Å²) in [7, 11) is 0. The van der Waals surface area contributed by atoms with Crippen LogP contribution in [0.5, 0.6) is 0 Å². The molecule has 0 saturated heterocycles. The van der Waals surface area contributed by atoms with Crippen LogP contribution in [0, 0.1) is 0 Å². The molecule has 1 aliphatic heterocycles. The molecule has 1 aliphatic rings. The maximum absolute atomic E-state index is 14.2. The van der Waals surface area contributed by atoms with Gasteiger partial charge in [-0.3, -0.25) is 14.2 Å². The first-order valence-corrected chi connectivity index (χ1v) is 15.1. The van der Waals surface area contributed by atoms with Crippen LogP contribution in [0.1, 0.15) is 69.3 Å². The van der Waals surface area contributed by atoms with Crippen LogP contribution in [0.25, 0.3) is 17.0 Å². The molecule has 0 aliphatic carbocycles. The molecule has 5 aromatic rings. The number of nitrogens with one attached hydrogen (secondary N) is 1. The highest BCUT2D eigenvalue weighted by molar-refractivity contribution is 7.07. The number of anilines is 1. The Labute approximate surface area is 249 Å². The Morgan fingerprint density at radius 1 is 0.952 bits per heavy atom. The number of amides is 1. The van der Waals surface area contributed by atoms with Gasteiger partial charge in [0.2, 0.25) is 0 Å². The third kappa shape index (κ3) is 4.94. The molecule has 0 bridgehead atoms. The van der Waals surface area contributed by atoms with Crippen LogP contribution in [0.4, 0.5) is 5.69 Å². The zero-order chi connectivity index (χ0) is 29.5. The minimum atomic E-state index is -0.606. The molecule has 0 spiro atoms. The fraction of sp³-hybridized carbons (Fsp3) is 0.229. The molecular formula is C35H34N4O2S. The van der Waals surface area contributed by atoms with E-state index in [0.29, 0.717) is 32.2 Å². The molecule has 212 valence electrons. The van der Waals surface area contributed by atoms with Crippen molar-refractivity contribution in [3.05, 3.63) is 133 Å². The Morgan fingerprint density at radius 3 is 2.33 bits per heavy atom. The van der Waals surface area contributed by atoms with E-state index in [1.165, 1.54) is 16.9 Å². The van der Waals surface area contributed by atoms with Gasteiger partial charge >= 0.3 is 0 Å². The number of rotatable bonds is 6. The van der Waals surface area contributed by atoms with Crippen molar-refractivity contribution in [3.63, 3.8) is 0 Å². The maximum Gasteiger partial charge on any atom is 0.271 e. The number of benzene rings is 3. The van der Waals surface area contributed by atoms with Gasteiger partial charge in [-0.05, 0) is 62.1 Å². The maximum atomic E-state index is 14.2. The predicted octanol–water partition coefficient (Wildman–Crippen LogP) is 6.53. The van der Waals surface area contributed by atoms with Gasteiger partial charge in [0.15, 0.2) is 4.80 Å². The van der Waals surface area contributed by atoms with Crippen molar-refractivity contribution in [1.29, 1.82) is 0 Å². The SMILES string of the molecule is CC1=C(C(=O)Nc2ccccc2)C(c2ccc(C(C)C)cc2)n2c(sc(=Cc3cn(C(C)C)c4ccccc34)c2=O)=N1. The zero-order valence-corrected chi connectivity index (χ0v) is 25.3. The minimum Gasteiger partial charge on any atom is -0.344 e. The van der Waals surface area contributed by atoms with Gasteiger partial charge in [-0.1, -0.05) is 85.8 Å². The van der Waals surface area contributed by atoms with E-state index < -0.39 is 6.04 Å². The van der Waals surface area contributed by atoms with Gasteiger partial charge in [-0.2, -0.15) is 0 Å². The number of fused-ring (bicyclic) bond motifs is 2. The van der Waals surface area contributed by atoms with Crippen molar-refractivity contribution in [2.45, 2.75) is 52.6 Å². The molecule has 1 unspecified atom stereocenters. The number of hydrogen-bond acceptors (Lipinski definition) is 4. The average Bonchev–Trinajstić information content (AvgIpc) is 3.50. The highest BCUT2D eigenvalue weighted by atomic mass is 32.1. The van der Waals surface area contributed by atoms with Gasteiger partial charge in [0.25, 0.3) is 11.5 Å². The number of carbonyl (C=O) groups excluding carboxylic acids is 1. The first-order chi connectivity index (χ1) is 20.2. The molecule has 0 saturated carbocycles. The third-order valence-corrected chi connectivity index (χ3v) is 8.81. The van der Waals surface area contributed by atoms with Crippen molar-refractivity contribution >= 4 is 39.9 Å². The molecule has 6 rings (SSSR count). The standard InChI is InChI=1S/C35H34N4O2S/c1-21(2)24-15-17-25(18-16-24)32-31(33(40)37-27-11-7-6-8-12-27)23(5)36-35-39(32)34(41)30(42-35)19-26-20-38(22(3)4)29-14-10-9-13-28(26)29/h6-22,32H,1-5H3,(H,37,40). The van der Waals surface area contributed by atoms with Gasteiger partial charge < -0.3 is 9.88 Å². The van der Waals surface area contributed by atoms with Gasteiger partial charge in [0.1, 0.15) is 0 Å². The van der Waals surface area contributed by atoms with E-state index in [2.05, 4.69) is 68.0 Å². The van der Waals surface area contributed by atoms with Crippen LogP contribution >= 0.6 is 11.3 Å². The smallest absolute Gasteiger partial charge is 0.271 e.